The van der Waals surface area contributed by atoms with Crippen molar-refractivity contribution in [2.24, 2.45) is 5.92 Å². The second-order valence-electron chi connectivity index (χ2n) is 6.90. The zero-order valence-electron chi connectivity index (χ0n) is 13.3. The Morgan fingerprint density at radius 3 is 2.22 bits per heavy atom. The average molecular weight is 314 g/mol. The van der Waals surface area contributed by atoms with Crippen LogP contribution in [0.4, 0.5) is 0 Å². The van der Waals surface area contributed by atoms with Gasteiger partial charge in [-0.15, -0.1) is 0 Å². The fraction of sp³-hybridized carbons (Fsp3) is 0.471. The van der Waals surface area contributed by atoms with E-state index >= 15 is 0 Å². The van der Waals surface area contributed by atoms with Crippen LogP contribution in [0.25, 0.3) is 0 Å². The van der Waals surface area contributed by atoms with Crippen molar-refractivity contribution >= 4 is 17.7 Å². The Balaban J connectivity index is 1.72. The first-order valence-electron chi connectivity index (χ1n) is 7.78. The fourth-order valence-electron chi connectivity index (χ4n) is 3.91. The maximum absolute atomic E-state index is 12.7. The molecule has 3 aliphatic rings. The minimum atomic E-state index is -0.722. The van der Waals surface area contributed by atoms with Crippen LogP contribution in [0.5, 0.6) is 0 Å². The molecule has 120 valence electrons. The van der Waals surface area contributed by atoms with Crippen LogP contribution < -0.4 is 0 Å². The van der Waals surface area contributed by atoms with Crippen molar-refractivity contribution in [3.63, 3.8) is 0 Å². The number of hydrogen-bond donors (Lipinski definition) is 0. The third-order valence-electron chi connectivity index (χ3n) is 5.08. The number of hydrogen-bond acceptors (Lipinski definition) is 4. The van der Waals surface area contributed by atoms with Gasteiger partial charge in [-0.3, -0.25) is 19.3 Å². The van der Waals surface area contributed by atoms with E-state index in [9.17, 15) is 14.4 Å². The summed E-state index contributed by atoms with van der Waals surface area (Å²) < 4.78 is 5.73. The smallest absolute Gasteiger partial charge is 0.262 e. The quantitative estimate of drug-likeness (QED) is 0.578. The van der Waals surface area contributed by atoms with Gasteiger partial charge in [0.25, 0.3) is 17.7 Å². The molecule has 0 spiro atoms. The molecule has 2 saturated heterocycles. The molecule has 2 fully saturated rings. The summed E-state index contributed by atoms with van der Waals surface area (Å²) in [6, 6.07) is 5.81. The first kappa shape index (κ1) is 14.4. The lowest BCUT2D eigenvalue weighted by atomic mass is 9.80. The number of nitrogens with zero attached hydrogens (tertiary/aromatic N) is 2. The Morgan fingerprint density at radius 1 is 1.09 bits per heavy atom. The van der Waals surface area contributed by atoms with Gasteiger partial charge >= 0.3 is 0 Å². The van der Waals surface area contributed by atoms with E-state index in [-0.39, 0.29) is 29.7 Å². The number of carbonyl (C=O) groups excluding carboxylic acids is 3. The summed E-state index contributed by atoms with van der Waals surface area (Å²) in [5.74, 6) is -0.906. The molecule has 6 heteroatoms. The number of benzene rings is 1. The molecule has 3 amide bonds. The topological polar surface area (TPSA) is 66.9 Å². The van der Waals surface area contributed by atoms with Crippen molar-refractivity contribution < 1.29 is 19.1 Å². The van der Waals surface area contributed by atoms with Crippen LogP contribution in [0.3, 0.4) is 0 Å². The summed E-state index contributed by atoms with van der Waals surface area (Å²) >= 11 is 0. The lowest BCUT2D eigenvalue weighted by Crippen LogP contribution is -2.80. The van der Waals surface area contributed by atoms with Gasteiger partial charge in [0.2, 0.25) is 0 Å². The number of carbonyl (C=O) groups is 3. The fourth-order valence-corrected chi connectivity index (χ4v) is 3.91. The number of amides is 3. The summed E-state index contributed by atoms with van der Waals surface area (Å²) in [4.78, 5) is 40.8. The van der Waals surface area contributed by atoms with Crippen molar-refractivity contribution in [3.05, 3.63) is 35.4 Å². The van der Waals surface area contributed by atoms with Gasteiger partial charge in [0.15, 0.2) is 0 Å². The number of ether oxygens (including phenoxy) is 1. The van der Waals surface area contributed by atoms with Gasteiger partial charge in [-0.1, -0.05) is 19.1 Å². The maximum atomic E-state index is 12.7. The molecule has 0 bridgehead atoms. The number of fused-ring (bicyclic) bond motifs is 2. The molecule has 0 aliphatic carbocycles. The molecule has 4 rings (SSSR count). The lowest BCUT2D eigenvalue weighted by molar-refractivity contribution is -0.244. The van der Waals surface area contributed by atoms with Gasteiger partial charge in [-0.2, -0.15) is 0 Å². The Bertz CT molecular complexity index is 707. The molecule has 0 radical (unpaired) electrons. The Morgan fingerprint density at radius 2 is 1.65 bits per heavy atom. The highest BCUT2D eigenvalue weighted by molar-refractivity contribution is 6.23. The van der Waals surface area contributed by atoms with E-state index in [4.69, 9.17) is 4.74 Å². The van der Waals surface area contributed by atoms with Crippen molar-refractivity contribution in [1.29, 1.82) is 0 Å². The minimum absolute atomic E-state index is 0.0648. The number of β-lactam (4-membered cyclic amide) rings is 1. The van der Waals surface area contributed by atoms with E-state index < -0.39 is 11.8 Å². The number of rotatable bonds is 1. The van der Waals surface area contributed by atoms with Crippen LogP contribution in [0.15, 0.2) is 24.3 Å². The molecule has 1 aromatic rings. The van der Waals surface area contributed by atoms with Gasteiger partial charge in [0.1, 0.15) is 11.8 Å². The summed E-state index contributed by atoms with van der Waals surface area (Å²) in [5, 5.41) is 0. The summed E-state index contributed by atoms with van der Waals surface area (Å²) in [6.45, 7) is 6.15. The summed E-state index contributed by atoms with van der Waals surface area (Å²) in [7, 11) is 0. The van der Waals surface area contributed by atoms with E-state index in [0.717, 1.165) is 4.90 Å². The highest BCUT2D eigenvalue weighted by Crippen LogP contribution is 2.43. The van der Waals surface area contributed by atoms with Gasteiger partial charge in [0, 0.05) is 5.92 Å². The van der Waals surface area contributed by atoms with Crippen molar-refractivity contribution in [3.8, 4) is 0 Å². The predicted octanol–water partition coefficient (Wildman–Crippen LogP) is 1.26. The highest BCUT2D eigenvalue weighted by Gasteiger charge is 2.63. The third-order valence-corrected chi connectivity index (χ3v) is 5.08. The minimum Gasteiger partial charge on any atom is -0.356 e. The first-order valence-corrected chi connectivity index (χ1v) is 7.78. The van der Waals surface area contributed by atoms with E-state index in [1.54, 1.807) is 29.2 Å². The molecule has 0 N–H and O–H groups in total. The molecule has 3 aliphatic heterocycles. The largest absolute Gasteiger partial charge is 0.356 e. The Hall–Kier alpha value is -2.21. The molecule has 3 atom stereocenters. The van der Waals surface area contributed by atoms with Gasteiger partial charge in [0.05, 0.1) is 23.8 Å². The summed E-state index contributed by atoms with van der Waals surface area (Å²) in [6.07, 6.45) is 0. The second kappa shape index (κ2) is 4.41. The van der Waals surface area contributed by atoms with Crippen LogP contribution >= 0.6 is 0 Å². The zero-order chi connectivity index (χ0) is 16.5. The van der Waals surface area contributed by atoms with E-state index in [2.05, 4.69) is 0 Å². The molecular formula is C17H18N2O4. The molecule has 0 saturated carbocycles. The molecule has 23 heavy (non-hydrogen) atoms. The van der Waals surface area contributed by atoms with Crippen LogP contribution in [-0.2, 0) is 9.53 Å². The third kappa shape index (κ3) is 1.69. The SMILES string of the molecule is C[C@H]1COC(C)(C)N2C(=O)[C@H](N3C(=O)c4ccccc4C3=O)[C@@H]12. The van der Waals surface area contributed by atoms with Gasteiger partial charge in [-0.25, -0.2) is 0 Å². The zero-order valence-corrected chi connectivity index (χ0v) is 13.3. The predicted molar refractivity (Wildman–Crippen MR) is 80.6 cm³/mol. The summed E-state index contributed by atoms with van der Waals surface area (Å²) in [5.41, 5.74) is 0.0501. The first-order chi connectivity index (χ1) is 10.8. The Labute approximate surface area is 134 Å². The second-order valence-corrected chi connectivity index (χ2v) is 6.90. The molecular weight excluding hydrogens is 296 g/mol. The molecule has 0 unspecified atom stereocenters. The molecule has 3 heterocycles. The molecule has 1 aromatic carbocycles. The molecule has 6 nitrogen and oxygen atoms in total. The standard InChI is InChI=1S/C17H18N2O4/c1-9-8-23-17(2,3)19-12(9)13(16(19)22)18-14(20)10-6-4-5-7-11(10)15(18)21/h4-7,9,12-13H,8H2,1-3H3/t9-,12+,13+/m0/s1. The maximum Gasteiger partial charge on any atom is 0.262 e. The van der Waals surface area contributed by atoms with Gasteiger partial charge in [-0.05, 0) is 26.0 Å². The lowest BCUT2D eigenvalue weighted by Gasteiger charge is -2.60. The van der Waals surface area contributed by atoms with E-state index in [1.165, 1.54) is 0 Å². The van der Waals surface area contributed by atoms with Crippen LogP contribution in [0, 0.1) is 5.92 Å². The van der Waals surface area contributed by atoms with Crippen LogP contribution in [-0.4, -0.2) is 51.9 Å². The highest BCUT2D eigenvalue weighted by atomic mass is 16.5. The van der Waals surface area contributed by atoms with E-state index in [1.807, 2.05) is 20.8 Å². The van der Waals surface area contributed by atoms with E-state index in [0.29, 0.717) is 17.7 Å². The monoisotopic (exact) mass is 314 g/mol. The van der Waals surface area contributed by atoms with Crippen molar-refractivity contribution in [1.82, 2.24) is 9.80 Å². The van der Waals surface area contributed by atoms with Crippen LogP contribution in [0.1, 0.15) is 41.5 Å². The van der Waals surface area contributed by atoms with Crippen molar-refractivity contribution in [2.45, 2.75) is 38.6 Å². The van der Waals surface area contributed by atoms with Crippen molar-refractivity contribution in [2.75, 3.05) is 6.61 Å². The number of imide groups is 1. The van der Waals surface area contributed by atoms with Gasteiger partial charge < -0.3 is 9.64 Å². The average Bonchev–Trinajstić information content (AvgIpc) is 2.75. The Kier molecular flexibility index (Phi) is 2.76. The van der Waals surface area contributed by atoms with Crippen LogP contribution in [0.2, 0.25) is 0 Å². The molecule has 0 aromatic heterocycles. The normalized spacial score (nSPS) is 31.8.